The van der Waals surface area contributed by atoms with Crippen molar-refractivity contribution in [1.82, 2.24) is 15.0 Å². The molecular formula is C16H25N3. The molecule has 1 unspecified atom stereocenters. The number of rotatable bonds is 4. The van der Waals surface area contributed by atoms with E-state index < -0.39 is 0 Å². The van der Waals surface area contributed by atoms with Crippen LogP contribution in [0.15, 0.2) is 12.1 Å². The topological polar surface area (TPSA) is 30.7 Å². The first kappa shape index (κ1) is 14.0. The predicted octanol–water partition coefficient (Wildman–Crippen LogP) is 4.17. The maximum atomic E-state index is 4.42. The molecule has 1 aromatic carbocycles. The van der Waals surface area contributed by atoms with Crippen molar-refractivity contribution in [1.29, 1.82) is 0 Å². The third-order valence-corrected chi connectivity index (χ3v) is 4.54. The zero-order valence-electron chi connectivity index (χ0n) is 13.0. The molecule has 0 spiro atoms. The Hall–Kier alpha value is -1.38. The third-order valence-electron chi connectivity index (χ3n) is 4.54. The van der Waals surface area contributed by atoms with Crippen LogP contribution in [0.3, 0.4) is 0 Å². The van der Waals surface area contributed by atoms with E-state index in [1.54, 1.807) is 0 Å². The highest BCUT2D eigenvalue weighted by Gasteiger charge is 2.24. The van der Waals surface area contributed by atoms with Crippen molar-refractivity contribution in [2.45, 2.75) is 58.8 Å². The van der Waals surface area contributed by atoms with Crippen molar-refractivity contribution >= 4 is 11.0 Å². The van der Waals surface area contributed by atoms with E-state index in [-0.39, 0.29) is 5.41 Å². The molecule has 1 atom stereocenters. The molecule has 0 fully saturated rings. The summed E-state index contributed by atoms with van der Waals surface area (Å²) in [5.41, 5.74) is 5.09. The number of hydrogen-bond donors (Lipinski definition) is 0. The van der Waals surface area contributed by atoms with Crippen molar-refractivity contribution in [3.8, 4) is 0 Å². The normalized spacial score (nSPS) is 14.0. The van der Waals surface area contributed by atoms with Crippen LogP contribution >= 0.6 is 0 Å². The van der Waals surface area contributed by atoms with E-state index in [0.29, 0.717) is 5.92 Å². The molecule has 0 bridgehead atoms. The lowest BCUT2D eigenvalue weighted by atomic mass is 9.80. The van der Waals surface area contributed by atoms with Crippen molar-refractivity contribution in [2.75, 3.05) is 0 Å². The zero-order valence-corrected chi connectivity index (χ0v) is 13.0. The second-order valence-electron chi connectivity index (χ2n) is 6.16. The first-order valence-corrected chi connectivity index (χ1v) is 7.25. The molecule has 0 aliphatic heterocycles. The highest BCUT2D eigenvalue weighted by atomic mass is 15.4. The summed E-state index contributed by atoms with van der Waals surface area (Å²) in [5.74, 6) is 0.540. The molecule has 1 heterocycles. The molecule has 0 radical (unpaired) electrons. The molecule has 104 valence electrons. The molecule has 0 aliphatic rings. The van der Waals surface area contributed by atoms with E-state index >= 15 is 0 Å². The largest absolute Gasteiger partial charge is 0.247 e. The molecule has 0 saturated carbocycles. The Balaban J connectivity index is 2.73. The minimum absolute atomic E-state index is 0.141. The van der Waals surface area contributed by atoms with Crippen LogP contribution in [0, 0.1) is 0 Å². The highest BCUT2D eigenvalue weighted by Crippen LogP contribution is 2.35. The van der Waals surface area contributed by atoms with Gasteiger partial charge >= 0.3 is 0 Å². The monoisotopic (exact) mass is 259 g/mol. The molecule has 0 saturated heterocycles. The van der Waals surface area contributed by atoms with Crippen LogP contribution in [-0.2, 0) is 12.5 Å². The Kier molecular flexibility index (Phi) is 3.66. The fraction of sp³-hybridized carbons (Fsp3) is 0.625. The summed E-state index contributed by atoms with van der Waals surface area (Å²) in [7, 11) is 1.99. The van der Waals surface area contributed by atoms with E-state index in [9.17, 15) is 0 Å². The number of hydrogen-bond acceptors (Lipinski definition) is 2. The average molecular weight is 259 g/mol. The predicted molar refractivity (Wildman–Crippen MR) is 80.5 cm³/mol. The van der Waals surface area contributed by atoms with Crippen LogP contribution in [0.1, 0.15) is 64.5 Å². The van der Waals surface area contributed by atoms with Gasteiger partial charge in [0.1, 0.15) is 5.52 Å². The van der Waals surface area contributed by atoms with Gasteiger partial charge in [-0.2, -0.15) is 0 Å². The van der Waals surface area contributed by atoms with E-state index in [0.717, 1.165) is 18.4 Å². The van der Waals surface area contributed by atoms with E-state index in [2.05, 4.69) is 57.1 Å². The quantitative estimate of drug-likeness (QED) is 0.825. The Labute approximate surface area is 116 Å². The summed E-state index contributed by atoms with van der Waals surface area (Å²) >= 11 is 0. The summed E-state index contributed by atoms with van der Waals surface area (Å²) in [4.78, 5) is 0. The maximum absolute atomic E-state index is 4.42. The second kappa shape index (κ2) is 4.95. The molecule has 19 heavy (non-hydrogen) atoms. The first-order valence-electron chi connectivity index (χ1n) is 7.25. The molecule has 3 nitrogen and oxygen atoms in total. The number of benzene rings is 1. The van der Waals surface area contributed by atoms with Crippen molar-refractivity contribution in [3.63, 3.8) is 0 Å². The minimum Gasteiger partial charge on any atom is -0.247 e. The Morgan fingerprint density at radius 2 is 1.95 bits per heavy atom. The Morgan fingerprint density at radius 3 is 2.53 bits per heavy atom. The first-order chi connectivity index (χ1) is 8.92. The average Bonchev–Trinajstić information content (AvgIpc) is 2.79. The summed E-state index contributed by atoms with van der Waals surface area (Å²) in [5, 5.41) is 8.67. The lowest BCUT2D eigenvalue weighted by Crippen LogP contribution is -2.16. The van der Waals surface area contributed by atoms with Gasteiger partial charge in [0.25, 0.3) is 0 Å². The van der Waals surface area contributed by atoms with Crippen molar-refractivity contribution in [3.05, 3.63) is 23.3 Å². The van der Waals surface area contributed by atoms with Gasteiger partial charge < -0.3 is 0 Å². The molecule has 3 heteroatoms. The highest BCUT2D eigenvalue weighted by molar-refractivity contribution is 5.83. The molecule has 0 N–H and O–H groups in total. The van der Waals surface area contributed by atoms with Crippen LogP contribution in [0.5, 0.6) is 0 Å². The van der Waals surface area contributed by atoms with Gasteiger partial charge in [0, 0.05) is 7.05 Å². The van der Waals surface area contributed by atoms with Crippen LogP contribution in [0.25, 0.3) is 11.0 Å². The molecule has 0 aliphatic carbocycles. The smallest absolute Gasteiger partial charge is 0.117 e. The standard InChI is InChI=1S/C16H25N3/c1-7-11(3)12-9-10-13(16(4,5)8-2)14-15(12)19(6)18-17-14/h9-11H,7-8H2,1-6H3. The number of fused-ring (bicyclic) bond motifs is 1. The van der Waals surface area contributed by atoms with Crippen LogP contribution in [0.4, 0.5) is 0 Å². The third kappa shape index (κ3) is 2.26. The lowest BCUT2D eigenvalue weighted by molar-refractivity contribution is 0.509. The van der Waals surface area contributed by atoms with Gasteiger partial charge in [-0.3, -0.25) is 0 Å². The summed E-state index contributed by atoms with van der Waals surface area (Å²) in [6.45, 7) is 11.3. The number of nitrogens with zero attached hydrogens (tertiary/aromatic N) is 3. The summed E-state index contributed by atoms with van der Waals surface area (Å²) in [6.07, 6.45) is 2.23. The van der Waals surface area contributed by atoms with Crippen LogP contribution < -0.4 is 0 Å². The van der Waals surface area contributed by atoms with Crippen LogP contribution in [0.2, 0.25) is 0 Å². The van der Waals surface area contributed by atoms with Gasteiger partial charge in [-0.05, 0) is 35.3 Å². The number of aromatic nitrogens is 3. The molecule has 1 aromatic heterocycles. The van der Waals surface area contributed by atoms with E-state index in [4.69, 9.17) is 0 Å². The SMILES string of the molecule is CCC(C)c1ccc(C(C)(C)CC)c2nnn(C)c12. The fourth-order valence-electron chi connectivity index (χ4n) is 2.55. The number of aryl methyl sites for hydroxylation is 1. The van der Waals surface area contributed by atoms with Gasteiger partial charge in [-0.15, -0.1) is 5.10 Å². The van der Waals surface area contributed by atoms with E-state index in [1.807, 2.05) is 11.7 Å². The minimum atomic E-state index is 0.141. The molecular weight excluding hydrogens is 234 g/mol. The van der Waals surface area contributed by atoms with Crippen molar-refractivity contribution in [2.24, 2.45) is 7.05 Å². The second-order valence-corrected chi connectivity index (χ2v) is 6.16. The van der Waals surface area contributed by atoms with E-state index in [1.165, 1.54) is 16.6 Å². The Bertz CT molecular complexity index is 581. The van der Waals surface area contributed by atoms with Crippen molar-refractivity contribution < 1.29 is 0 Å². The van der Waals surface area contributed by atoms with Gasteiger partial charge in [-0.25, -0.2) is 4.68 Å². The molecule has 0 amide bonds. The lowest BCUT2D eigenvalue weighted by Gasteiger charge is -2.24. The molecule has 2 rings (SSSR count). The Morgan fingerprint density at radius 1 is 1.26 bits per heavy atom. The summed E-state index contributed by atoms with van der Waals surface area (Å²) in [6, 6.07) is 4.52. The fourth-order valence-corrected chi connectivity index (χ4v) is 2.55. The van der Waals surface area contributed by atoms with Gasteiger partial charge in [0.2, 0.25) is 0 Å². The zero-order chi connectivity index (χ0) is 14.2. The maximum Gasteiger partial charge on any atom is 0.117 e. The van der Waals surface area contributed by atoms with Gasteiger partial charge in [-0.1, -0.05) is 52.0 Å². The van der Waals surface area contributed by atoms with Crippen LogP contribution in [-0.4, -0.2) is 15.0 Å². The molecule has 2 aromatic rings. The van der Waals surface area contributed by atoms with Gasteiger partial charge in [0.05, 0.1) is 5.52 Å². The van der Waals surface area contributed by atoms with Gasteiger partial charge in [0.15, 0.2) is 0 Å². The summed E-state index contributed by atoms with van der Waals surface area (Å²) < 4.78 is 1.92.